The summed E-state index contributed by atoms with van der Waals surface area (Å²) in [5.74, 6) is -0.130. The van der Waals surface area contributed by atoms with Gasteiger partial charge in [-0.3, -0.25) is 4.90 Å². The SMILES string of the molecule is Cl.Cl.Cl.Fc1ccc(N2c3ccc(F)cc3[C@@H]3CN(CCCCN4CCN(Cc5ccccc5)CC4)CC[C@H]32)cc1. The quantitative estimate of drug-likeness (QED) is 0.247. The van der Waals surface area contributed by atoms with Gasteiger partial charge in [-0.2, -0.15) is 0 Å². The Kier molecular flexibility index (Phi) is 12.7. The van der Waals surface area contributed by atoms with E-state index in [4.69, 9.17) is 0 Å². The molecule has 0 bridgehead atoms. The van der Waals surface area contributed by atoms with Crippen molar-refractivity contribution >= 4 is 48.6 Å². The predicted molar refractivity (Wildman–Crippen MR) is 172 cm³/mol. The second kappa shape index (κ2) is 15.5. The van der Waals surface area contributed by atoms with Crippen molar-refractivity contribution in [2.24, 2.45) is 0 Å². The zero-order valence-electron chi connectivity index (χ0n) is 23.3. The average Bonchev–Trinajstić information content (AvgIpc) is 3.26. The van der Waals surface area contributed by atoms with Crippen LogP contribution in [-0.2, 0) is 6.54 Å². The van der Waals surface area contributed by atoms with Crippen molar-refractivity contribution in [3.05, 3.63) is 95.6 Å². The van der Waals surface area contributed by atoms with Crippen LogP contribution in [0.15, 0.2) is 72.8 Å². The van der Waals surface area contributed by atoms with Crippen LogP contribution in [0.3, 0.4) is 0 Å². The van der Waals surface area contributed by atoms with Gasteiger partial charge in [-0.25, -0.2) is 8.78 Å². The maximum Gasteiger partial charge on any atom is 0.123 e. The Bertz CT molecular complexity index is 1210. The lowest BCUT2D eigenvalue weighted by Crippen LogP contribution is -2.46. The number of halogens is 5. The third-order valence-corrected chi connectivity index (χ3v) is 8.66. The fourth-order valence-electron chi connectivity index (χ4n) is 6.66. The van der Waals surface area contributed by atoms with Gasteiger partial charge in [-0.05, 0) is 85.9 Å². The zero-order chi connectivity index (χ0) is 25.9. The minimum absolute atomic E-state index is 0. The number of piperidine rings is 1. The zero-order valence-corrected chi connectivity index (χ0v) is 25.8. The highest BCUT2D eigenvalue weighted by atomic mass is 35.5. The normalized spacial score (nSPS) is 20.8. The number of anilines is 2. The van der Waals surface area contributed by atoms with E-state index in [1.54, 1.807) is 12.1 Å². The molecule has 0 radical (unpaired) electrons. The molecular formula is C32H41Cl3F2N4. The smallest absolute Gasteiger partial charge is 0.123 e. The van der Waals surface area contributed by atoms with Crippen molar-refractivity contribution < 1.29 is 8.78 Å². The van der Waals surface area contributed by atoms with E-state index >= 15 is 0 Å². The Morgan fingerprint density at radius 3 is 2.00 bits per heavy atom. The van der Waals surface area contributed by atoms with Crippen LogP contribution in [0, 0.1) is 11.6 Å². The third kappa shape index (κ3) is 7.92. The molecule has 3 aromatic carbocycles. The van der Waals surface area contributed by atoms with E-state index in [2.05, 4.69) is 49.9 Å². The average molecular weight is 626 g/mol. The molecule has 2 fully saturated rings. The van der Waals surface area contributed by atoms with Crippen molar-refractivity contribution in [1.29, 1.82) is 0 Å². The van der Waals surface area contributed by atoms with Gasteiger partial charge in [0, 0.05) is 69.1 Å². The molecule has 0 N–H and O–H groups in total. The number of fused-ring (bicyclic) bond motifs is 3. The summed E-state index contributed by atoms with van der Waals surface area (Å²) in [7, 11) is 0. The molecule has 0 spiro atoms. The van der Waals surface area contributed by atoms with Gasteiger partial charge in [0.25, 0.3) is 0 Å². The lowest BCUT2D eigenvalue weighted by molar-refractivity contribution is 0.123. The van der Waals surface area contributed by atoms with Gasteiger partial charge in [0.15, 0.2) is 0 Å². The number of likely N-dealkylation sites (tertiary alicyclic amines) is 1. The second-order valence-corrected chi connectivity index (χ2v) is 11.1. The number of rotatable bonds is 8. The summed E-state index contributed by atoms with van der Waals surface area (Å²) in [4.78, 5) is 10.1. The van der Waals surface area contributed by atoms with E-state index in [1.165, 1.54) is 37.1 Å². The number of benzene rings is 3. The van der Waals surface area contributed by atoms with Crippen molar-refractivity contribution in [1.82, 2.24) is 14.7 Å². The van der Waals surface area contributed by atoms with Crippen molar-refractivity contribution in [2.45, 2.75) is 37.8 Å². The van der Waals surface area contributed by atoms with Crippen molar-refractivity contribution in [2.75, 3.05) is 57.3 Å². The van der Waals surface area contributed by atoms with E-state index in [0.717, 1.165) is 75.7 Å². The van der Waals surface area contributed by atoms with Gasteiger partial charge in [0.1, 0.15) is 11.6 Å². The Balaban J connectivity index is 0.00000154. The fourth-order valence-corrected chi connectivity index (χ4v) is 6.66. The highest BCUT2D eigenvalue weighted by molar-refractivity contribution is 5.86. The Morgan fingerprint density at radius 2 is 1.29 bits per heavy atom. The largest absolute Gasteiger partial charge is 0.337 e. The summed E-state index contributed by atoms with van der Waals surface area (Å²) >= 11 is 0. The summed E-state index contributed by atoms with van der Waals surface area (Å²) in [6.45, 7) is 9.92. The van der Waals surface area contributed by atoms with Crippen molar-refractivity contribution in [3.63, 3.8) is 0 Å². The lowest BCUT2D eigenvalue weighted by atomic mass is 9.89. The van der Waals surface area contributed by atoms with Crippen LogP contribution in [0.5, 0.6) is 0 Å². The monoisotopic (exact) mass is 624 g/mol. The first-order valence-corrected chi connectivity index (χ1v) is 14.2. The van der Waals surface area contributed by atoms with Crippen LogP contribution in [-0.4, -0.2) is 73.1 Å². The van der Waals surface area contributed by atoms with Crippen LogP contribution in [0.1, 0.15) is 36.3 Å². The molecule has 41 heavy (non-hydrogen) atoms. The maximum atomic E-state index is 14.3. The molecule has 9 heteroatoms. The van der Waals surface area contributed by atoms with E-state index in [9.17, 15) is 8.78 Å². The van der Waals surface area contributed by atoms with E-state index in [0.29, 0.717) is 6.04 Å². The van der Waals surface area contributed by atoms with Crippen LogP contribution < -0.4 is 4.90 Å². The number of unbranched alkanes of at least 4 members (excludes halogenated alkanes) is 1. The number of piperazine rings is 1. The first-order chi connectivity index (χ1) is 18.6. The third-order valence-electron chi connectivity index (χ3n) is 8.66. The molecule has 0 unspecified atom stereocenters. The molecule has 3 aliphatic heterocycles. The summed E-state index contributed by atoms with van der Waals surface area (Å²) < 4.78 is 27.9. The molecule has 4 nitrogen and oxygen atoms in total. The molecule has 2 atom stereocenters. The molecule has 6 rings (SSSR count). The highest BCUT2D eigenvalue weighted by Crippen LogP contribution is 2.48. The first kappa shape index (κ1) is 33.6. The number of nitrogens with zero attached hydrogens (tertiary/aromatic N) is 4. The summed E-state index contributed by atoms with van der Waals surface area (Å²) in [5, 5.41) is 0. The second-order valence-electron chi connectivity index (χ2n) is 11.1. The molecule has 0 amide bonds. The highest BCUT2D eigenvalue weighted by Gasteiger charge is 2.42. The maximum absolute atomic E-state index is 14.3. The van der Waals surface area contributed by atoms with Gasteiger partial charge in [0.2, 0.25) is 0 Å². The minimum atomic E-state index is -0.229. The summed E-state index contributed by atoms with van der Waals surface area (Å²) in [6.07, 6.45) is 3.44. The lowest BCUT2D eigenvalue weighted by Gasteiger charge is -2.39. The van der Waals surface area contributed by atoms with Crippen LogP contribution >= 0.6 is 37.2 Å². The van der Waals surface area contributed by atoms with Gasteiger partial charge in [-0.1, -0.05) is 30.3 Å². The molecule has 0 saturated carbocycles. The Morgan fingerprint density at radius 1 is 0.659 bits per heavy atom. The van der Waals surface area contributed by atoms with E-state index < -0.39 is 0 Å². The van der Waals surface area contributed by atoms with Gasteiger partial charge in [-0.15, -0.1) is 37.2 Å². The Hall–Kier alpha value is -1.93. The number of hydrogen-bond donors (Lipinski definition) is 0. The molecule has 0 aromatic heterocycles. The summed E-state index contributed by atoms with van der Waals surface area (Å²) in [5.41, 5.74) is 4.56. The topological polar surface area (TPSA) is 13.0 Å². The number of hydrogen-bond acceptors (Lipinski definition) is 4. The standard InChI is InChI=1S/C32H38F2N4.3ClH/c33-26-8-11-28(12-9-26)38-31-13-10-27(34)22-29(31)30-24-36(17-14-32(30)38)16-5-4-15-35-18-20-37(21-19-35)23-25-6-2-1-3-7-25;;;/h1-3,6-13,22,30,32H,4-5,14-21,23-24H2;3*1H/t30-,32+;;;/m0.../s1. The van der Waals surface area contributed by atoms with Crippen LogP contribution in [0.25, 0.3) is 0 Å². The molecule has 3 aromatic rings. The predicted octanol–water partition coefficient (Wildman–Crippen LogP) is 7.14. The molecule has 3 aliphatic rings. The van der Waals surface area contributed by atoms with Gasteiger partial charge >= 0.3 is 0 Å². The van der Waals surface area contributed by atoms with Gasteiger partial charge < -0.3 is 14.7 Å². The molecule has 0 aliphatic carbocycles. The van der Waals surface area contributed by atoms with Crippen LogP contribution in [0.2, 0.25) is 0 Å². The summed E-state index contributed by atoms with van der Waals surface area (Å²) in [6, 6.07) is 23.0. The van der Waals surface area contributed by atoms with Crippen molar-refractivity contribution in [3.8, 4) is 0 Å². The van der Waals surface area contributed by atoms with E-state index in [-0.39, 0.29) is 54.8 Å². The minimum Gasteiger partial charge on any atom is -0.337 e. The van der Waals surface area contributed by atoms with E-state index in [1.807, 2.05) is 18.2 Å². The fraction of sp³-hybridized carbons (Fsp3) is 0.438. The first-order valence-electron chi connectivity index (χ1n) is 14.2. The van der Waals surface area contributed by atoms with Crippen LogP contribution in [0.4, 0.5) is 20.2 Å². The molecule has 224 valence electrons. The Labute approximate surface area is 261 Å². The molecular weight excluding hydrogens is 585 g/mol. The van der Waals surface area contributed by atoms with Gasteiger partial charge in [0.05, 0.1) is 0 Å². The molecule has 2 saturated heterocycles. The molecule has 3 heterocycles.